The quantitative estimate of drug-likeness (QED) is 0.00994. The number of amides is 7. The molecule has 27 heteroatoms. The SMILES string of the molecule is C=C(O)/C(=C/CCN=C(N)N)NC(=O)[C@H](CCCCN)NC(=C)C(Cc1cncn1C)NC(=O)[C@@H]1CCCN1C(=O)[C@@H](CCCN)NC(=O)CNC(=O)C(C)NC(=O)[C@@H](NC(=O)[C@@H](N)CCCCN)[C@@H](O)CN. The summed E-state index contributed by atoms with van der Waals surface area (Å²) in [5, 5.41) is 39.4. The number of aliphatic imine (C=N–C) groups is 1. The molecule has 1 aromatic heterocycles. The minimum absolute atomic E-state index is 0.0504. The maximum Gasteiger partial charge on any atom is 0.246 e. The first kappa shape index (κ1) is 62.5. The molecule has 27 nitrogen and oxygen atoms in total. The number of nitrogens with two attached hydrogens (primary N) is 7. The normalized spacial score (nSPS) is 16.3. The van der Waals surface area contributed by atoms with Crippen molar-refractivity contribution in [2.45, 2.75) is 132 Å². The van der Waals surface area contributed by atoms with Gasteiger partial charge in [0.25, 0.3) is 0 Å². The number of nitrogens with one attached hydrogen (secondary N) is 7. The molecule has 2 rings (SSSR count). The molecule has 2 unspecified atom stereocenters. The number of aliphatic hydroxyl groups is 2. The fourth-order valence-corrected chi connectivity index (χ4v) is 7.66. The van der Waals surface area contributed by atoms with Gasteiger partial charge in [0.15, 0.2) is 5.96 Å². The number of aryl methyl sites for hydroxylation is 1. The zero-order chi connectivity index (χ0) is 54.6. The van der Waals surface area contributed by atoms with Gasteiger partial charge in [-0.05, 0) is 90.8 Å². The molecule has 0 aliphatic carbocycles. The molecule has 8 atom stereocenters. The van der Waals surface area contributed by atoms with Crippen LogP contribution in [0, 0.1) is 0 Å². The van der Waals surface area contributed by atoms with E-state index in [1.54, 1.807) is 24.1 Å². The zero-order valence-electron chi connectivity index (χ0n) is 42.3. The number of nitrogens with zero attached hydrogens (tertiary/aromatic N) is 4. The standard InChI is InChI=1S/C46H82N18O9/c1-27(57-33(13-6-8-18-48)42(70)60-32(29(3)65)15-10-20-55-46(52)53)35(22-30-24-54-26-63(30)4)61-43(71)36-16-11-21-64(36)45(73)34(14-9-19-49)59-38(67)25-56-40(68)28(2)58-44(72)39(37(66)23-50)62-41(69)31(51)12-5-7-17-47/h15,24,26,28,31,33-37,39,57,65-66H,1,3,5-14,16-23,25,47-51H2,2,4H3,(H,56,68)(H,58,72)(H,59,67)(H,60,70)(H,61,71)(H,62,69)(H4,52,53,55)/b32-15-/t28?,31-,33-,34+,35?,36-,37-,39-/m0/s1. The topological polar surface area (TPSA) is 460 Å². The third kappa shape index (κ3) is 21.9. The molecular formula is C46H82N18O9. The van der Waals surface area contributed by atoms with Crippen LogP contribution >= 0.6 is 0 Å². The van der Waals surface area contributed by atoms with E-state index in [1.807, 2.05) is 0 Å². The van der Waals surface area contributed by atoms with Crippen LogP contribution in [-0.2, 0) is 47.0 Å². The maximum absolute atomic E-state index is 14.3. The number of guanidine groups is 1. The van der Waals surface area contributed by atoms with Crippen LogP contribution in [0.15, 0.2) is 53.9 Å². The molecule has 0 bridgehead atoms. The largest absolute Gasteiger partial charge is 0.506 e. The van der Waals surface area contributed by atoms with E-state index in [0.29, 0.717) is 63.7 Å². The molecule has 1 aliphatic heterocycles. The summed E-state index contributed by atoms with van der Waals surface area (Å²) in [6.45, 7) is 9.44. The number of hydrogen-bond acceptors (Lipinski definition) is 17. The van der Waals surface area contributed by atoms with Gasteiger partial charge in [-0.2, -0.15) is 0 Å². The Bertz CT molecular complexity index is 2060. The van der Waals surface area contributed by atoms with Gasteiger partial charge in [-0.1, -0.05) is 25.7 Å². The van der Waals surface area contributed by atoms with Crippen molar-refractivity contribution >= 4 is 47.3 Å². The van der Waals surface area contributed by atoms with Crippen molar-refractivity contribution in [2.75, 3.05) is 45.8 Å². The summed E-state index contributed by atoms with van der Waals surface area (Å²) in [6, 6.07) is -7.67. The highest BCUT2D eigenvalue weighted by molar-refractivity contribution is 5.96. The highest BCUT2D eigenvalue weighted by Gasteiger charge is 2.39. The molecule has 73 heavy (non-hydrogen) atoms. The number of rotatable bonds is 35. The molecule has 0 aromatic carbocycles. The molecule has 1 aromatic rings. The number of aromatic nitrogens is 2. The van der Waals surface area contributed by atoms with E-state index >= 15 is 0 Å². The van der Waals surface area contributed by atoms with Crippen LogP contribution in [0.5, 0.6) is 0 Å². The van der Waals surface area contributed by atoms with Gasteiger partial charge < -0.3 is 97.0 Å². The lowest BCUT2D eigenvalue weighted by atomic mass is 10.0. The van der Waals surface area contributed by atoms with Crippen LogP contribution < -0.4 is 77.4 Å². The Labute approximate surface area is 426 Å². The van der Waals surface area contributed by atoms with Gasteiger partial charge >= 0.3 is 0 Å². The second-order valence-electron chi connectivity index (χ2n) is 17.8. The van der Waals surface area contributed by atoms with Gasteiger partial charge in [0, 0.05) is 50.7 Å². The summed E-state index contributed by atoms with van der Waals surface area (Å²) in [4.78, 5) is 104. The van der Waals surface area contributed by atoms with Crippen LogP contribution in [0.3, 0.4) is 0 Å². The smallest absolute Gasteiger partial charge is 0.246 e. The second kappa shape index (κ2) is 33.2. The minimum Gasteiger partial charge on any atom is -0.506 e. The van der Waals surface area contributed by atoms with Gasteiger partial charge in [-0.3, -0.25) is 38.6 Å². The molecule has 1 saturated heterocycles. The van der Waals surface area contributed by atoms with E-state index in [9.17, 15) is 43.8 Å². The van der Waals surface area contributed by atoms with Gasteiger partial charge in [0.05, 0.1) is 36.8 Å². The summed E-state index contributed by atoms with van der Waals surface area (Å²) in [7, 11) is 1.78. The Morgan fingerprint density at radius 3 is 2.11 bits per heavy atom. The first-order valence-electron chi connectivity index (χ1n) is 24.6. The molecule has 1 aliphatic rings. The van der Waals surface area contributed by atoms with Crippen molar-refractivity contribution in [3.63, 3.8) is 0 Å². The van der Waals surface area contributed by atoms with Gasteiger partial charge in [0.1, 0.15) is 36.0 Å². The Morgan fingerprint density at radius 2 is 1.51 bits per heavy atom. The number of carbonyl (C=O) groups excluding carboxylic acids is 7. The Morgan fingerprint density at radius 1 is 0.849 bits per heavy atom. The monoisotopic (exact) mass is 1030 g/mol. The van der Waals surface area contributed by atoms with Crippen molar-refractivity contribution in [2.24, 2.45) is 52.2 Å². The average Bonchev–Trinajstić information content (AvgIpc) is 4.02. The number of likely N-dealkylation sites (tertiary alicyclic amines) is 1. The van der Waals surface area contributed by atoms with Crippen LogP contribution in [0.1, 0.15) is 83.2 Å². The van der Waals surface area contributed by atoms with Crippen molar-refractivity contribution in [1.82, 2.24) is 51.7 Å². The fourth-order valence-electron chi connectivity index (χ4n) is 7.66. The van der Waals surface area contributed by atoms with Gasteiger partial charge in [-0.25, -0.2) is 4.98 Å². The van der Waals surface area contributed by atoms with E-state index in [1.165, 1.54) is 17.9 Å². The first-order chi connectivity index (χ1) is 34.7. The number of aliphatic hydroxyl groups excluding tert-OH is 2. The molecule has 2 heterocycles. The zero-order valence-corrected chi connectivity index (χ0v) is 42.3. The van der Waals surface area contributed by atoms with Crippen molar-refractivity contribution in [3.8, 4) is 0 Å². The van der Waals surface area contributed by atoms with Crippen molar-refractivity contribution in [1.29, 1.82) is 0 Å². The highest BCUT2D eigenvalue weighted by atomic mass is 16.3. The van der Waals surface area contributed by atoms with Gasteiger partial charge in [-0.15, -0.1) is 0 Å². The van der Waals surface area contributed by atoms with E-state index in [0.717, 1.165) is 0 Å². The summed E-state index contributed by atoms with van der Waals surface area (Å²) >= 11 is 0. The lowest BCUT2D eigenvalue weighted by molar-refractivity contribution is -0.141. The molecular weight excluding hydrogens is 949 g/mol. The number of unbranched alkanes of at least 4 members (excludes halogenated alkanes) is 2. The molecule has 410 valence electrons. The predicted octanol–water partition coefficient (Wildman–Crippen LogP) is -5.12. The van der Waals surface area contributed by atoms with Crippen LogP contribution in [0.2, 0.25) is 0 Å². The number of imidazole rings is 1. The first-order valence-corrected chi connectivity index (χ1v) is 24.6. The average molecular weight is 1030 g/mol. The Hall–Kier alpha value is -6.65. The molecule has 1 fully saturated rings. The van der Waals surface area contributed by atoms with Crippen molar-refractivity contribution in [3.05, 3.63) is 54.6 Å². The van der Waals surface area contributed by atoms with E-state index in [-0.39, 0.29) is 69.1 Å². The van der Waals surface area contributed by atoms with E-state index < -0.39 is 109 Å². The van der Waals surface area contributed by atoms with Crippen LogP contribution in [-0.4, -0.2) is 166 Å². The second-order valence-corrected chi connectivity index (χ2v) is 17.8. The van der Waals surface area contributed by atoms with E-state index in [4.69, 9.17) is 40.1 Å². The molecule has 7 amide bonds. The third-order valence-corrected chi connectivity index (χ3v) is 11.9. The van der Waals surface area contributed by atoms with Crippen molar-refractivity contribution < 1.29 is 43.8 Å². The Kier molecular flexibility index (Phi) is 28.4. The number of carbonyl (C=O) groups is 7. The maximum atomic E-state index is 14.3. The fraction of sp³-hybridized carbons (Fsp3) is 0.630. The molecule has 0 radical (unpaired) electrons. The lowest BCUT2D eigenvalue weighted by Gasteiger charge is -2.31. The van der Waals surface area contributed by atoms with E-state index in [2.05, 4.69) is 60.4 Å². The van der Waals surface area contributed by atoms with Gasteiger partial charge in [0.2, 0.25) is 41.4 Å². The summed E-state index contributed by atoms with van der Waals surface area (Å²) in [6.07, 6.45) is 7.76. The number of hydrogen-bond donors (Lipinski definition) is 16. The summed E-state index contributed by atoms with van der Waals surface area (Å²) < 4.78 is 1.76. The van der Waals surface area contributed by atoms with Crippen LogP contribution in [0.4, 0.5) is 0 Å². The predicted molar refractivity (Wildman–Crippen MR) is 275 cm³/mol. The molecule has 23 N–H and O–H groups in total. The molecule has 0 spiro atoms. The summed E-state index contributed by atoms with van der Waals surface area (Å²) in [5.74, 6) is -5.31. The lowest BCUT2D eigenvalue weighted by Crippen LogP contribution is -2.60. The third-order valence-electron chi connectivity index (χ3n) is 11.9. The molecule has 0 saturated carbocycles. The highest BCUT2D eigenvalue weighted by Crippen LogP contribution is 2.21. The van der Waals surface area contributed by atoms with Crippen LogP contribution in [0.25, 0.3) is 0 Å². The Balaban J connectivity index is 2.23. The summed E-state index contributed by atoms with van der Waals surface area (Å²) in [5.41, 5.74) is 40.4. The minimum atomic E-state index is -1.54.